The first-order chi connectivity index (χ1) is 13.7. The topological polar surface area (TPSA) is 102 Å². The molecular formula is C21H22N6O. The zero-order valence-corrected chi connectivity index (χ0v) is 15.7. The van der Waals surface area contributed by atoms with Gasteiger partial charge in [0.05, 0.1) is 30.3 Å². The Morgan fingerprint density at radius 3 is 2.86 bits per heavy atom. The maximum atomic E-state index is 9.58. The third-order valence-electron chi connectivity index (χ3n) is 5.16. The molecule has 1 aliphatic heterocycles. The van der Waals surface area contributed by atoms with Crippen molar-refractivity contribution in [1.82, 2.24) is 20.1 Å². The van der Waals surface area contributed by atoms with Crippen LogP contribution in [0.25, 0.3) is 16.9 Å². The average Bonchev–Trinajstić information content (AvgIpc) is 3.24. The summed E-state index contributed by atoms with van der Waals surface area (Å²) in [6, 6.07) is 11.9. The second kappa shape index (κ2) is 7.71. The number of nitrogens with zero attached hydrogens (tertiary/aromatic N) is 4. The first kappa shape index (κ1) is 18.0. The molecule has 0 spiro atoms. The van der Waals surface area contributed by atoms with Gasteiger partial charge in [0.1, 0.15) is 17.6 Å². The van der Waals surface area contributed by atoms with Crippen LogP contribution in [0.4, 0.5) is 5.82 Å². The normalized spacial score (nSPS) is 14.6. The van der Waals surface area contributed by atoms with E-state index in [1.165, 1.54) is 0 Å². The third-order valence-corrected chi connectivity index (χ3v) is 5.16. The summed E-state index contributed by atoms with van der Waals surface area (Å²) in [5.74, 6) is 1.36. The lowest BCUT2D eigenvalue weighted by Gasteiger charge is -2.24. The molecule has 3 heterocycles. The molecule has 7 nitrogen and oxygen atoms in total. The van der Waals surface area contributed by atoms with Gasteiger partial charge in [0, 0.05) is 17.8 Å². The molecule has 28 heavy (non-hydrogen) atoms. The van der Waals surface area contributed by atoms with Gasteiger partial charge in [-0.1, -0.05) is 6.07 Å². The number of nitriles is 1. The number of nitrogen functional groups attached to an aromatic ring is 1. The van der Waals surface area contributed by atoms with Crippen molar-refractivity contribution >= 4 is 5.82 Å². The standard InChI is InChI=1S/C21H22N6O/c1-28-17-4-2-3-16(9-17)27-13-15(12-25-27)20-10-18(14-5-7-24-8-6-14)19(11-22)21(23)26-20/h2-4,9-10,12-14,24H,5-8H2,1H3,(H2,23,26). The summed E-state index contributed by atoms with van der Waals surface area (Å²) >= 11 is 0. The highest BCUT2D eigenvalue weighted by Gasteiger charge is 2.22. The number of nitrogens with two attached hydrogens (primary N) is 1. The van der Waals surface area contributed by atoms with Gasteiger partial charge in [0.25, 0.3) is 0 Å². The Kier molecular flexibility index (Phi) is 4.96. The Bertz CT molecular complexity index is 1030. The van der Waals surface area contributed by atoms with E-state index in [4.69, 9.17) is 10.5 Å². The molecule has 7 heteroatoms. The van der Waals surface area contributed by atoms with Crippen molar-refractivity contribution in [3.05, 3.63) is 53.9 Å². The molecule has 3 aromatic rings. The van der Waals surface area contributed by atoms with Crippen molar-refractivity contribution in [2.24, 2.45) is 0 Å². The summed E-state index contributed by atoms with van der Waals surface area (Å²) in [6.07, 6.45) is 5.65. The van der Waals surface area contributed by atoms with Crippen LogP contribution in [0, 0.1) is 11.3 Å². The van der Waals surface area contributed by atoms with E-state index in [-0.39, 0.29) is 5.82 Å². The zero-order chi connectivity index (χ0) is 19.5. The number of benzene rings is 1. The van der Waals surface area contributed by atoms with Gasteiger partial charge >= 0.3 is 0 Å². The van der Waals surface area contributed by atoms with Crippen LogP contribution in [-0.2, 0) is 0 Å². The zero-order valence-electron chi connectivity index (χ0n) is 15.7. The minimum absolute atomic E-state index is 0.280. The maximum Gasteiger partial charge on any atom is 0.142 e. The molecule has 0 aliphatic carbocycles. The molecule has 0 atom stereocenters. The highest BCUT2D eigenvalue weighted by molar-refractivity contribution is 5.66. The number of rotatable bonds is 4. The summed E-state index contributed by atoms with van der Waals surface area (Å²) in [4.78, 5) is 4.47. The molecule has 0 saturated carbocycles. The fraction of sp³-hybridized carbons (Fsp3) is 0.286. The molecule has 0 unspecified atom stereocenters. The monoisotopic (exact) mass is 374 g/mol. The minimum Gasteiger partial charge on any atom is -0.497 e. The predicted octanol–water partition coefficient (Wildman–Crippen LogP) is 2.86. The van der Waals surface area contributed by atoms with E-state index in [2.05, 4.69) is 21.5 Å². The molecule has 142 valence electrons. The molecule has 2 aromatic heterocycles. The number of pyridine rings is 1. The summed E-state index contributed by atoms with van der Waals surface area (Å²) in [7, 11) is 1.64. The van der Waals surface area contributed by atoms with Gasteiger partial charge in [0.15, 0.2) is 0 Å². The van der Waals surface area contributed by atoms with Crippen LogP contribution in [0.5, 0.6) is 5.75 Å². The van der Waals surface area contributed by atoms with Crippen LogP contribution < -0.4 is 15.8 Å². The number of nitrogens with one attached hydrogen (secondary N) is 1. The van der Waals surface area contributed by atoms with E-state index in [1.807, 2.05) is 36.5 Å². The lowest BCUT2D eigenvalue weighted by molar-refractivity contribution is 0.414. The van der Waals surface area contributed by atoms with Gasteiger partial charge in [-0.25, -0.2) is 9.67 Å². The molecule has 1 fully saturated rings. The highest BCUT2D eigenvalue weighted by atomic mass is 16.5. The van der Waals surface area contributed by atoms with Crippen molar-refractivity contribution in [3.8, 4) is 28.8 Å². The van der Waals surface area contributed by atoms with Crippen LogP contribution >= 0.6 is 0 Å². The van der Waals surface area contributed by atoms with E-state index in [9.17, 15) is 5.26 Å². The third kappa shape index (κ3) is 3.42. The molecule has 4 rings (SSSR count). The van der Waals surface area contributed by atoms with Crippen molar-refractivity contribution in [1.29, 1.82) is 5.26 Å². The maximum absolute atomic E-state index is 9.58. The van der Waals surface area contributed by atoms with Crippen LogP contribution in [-0.4, -0.2) is 35.0 Å². The SMILES string of the molecule is COc1cccc(-n2cc(-c3cc(C4CCNCC4)c(C#N)c(N)n3)cn2)c1. The molecule has 0 radical (unpaired) electrons. The molecule has 0 amide bonds. The number of anilines is 1. The second-order valence-corrected chi connectivity index (χ2v) is 6.87. The van der Waals surface area contributed by atoms with Crippen LogP contribution in [0.1, 0.15) is 29.9 Å². The lowest BCUT2D eigenvalue weighted by Crippen LogP contribution is -2.27. The molecule has 0 bridgehead atoms. The number of methoxy groups -OCH3 is 1. The molecule has 1 aliphatic rings. The minimum atomic E-state index is 0.280. The number of ether oxygens (including phenoxy) is 1. The summed E-state index contributed by atoms with van der Waals surface area (Å²) in [5, 5.41) is 17.4. The quantitative estimate of drug-likeness (QED) is 0.728. The number of piperidine rings is 1. The molecule has 1 aromatic carbocycles. The number of aromatic nitrogens is 3. The van der Waals surface area contributed by atoms with E-state index >= 15 is 0 Å². The van der Waals surface area contributed by atoms with Crippen molar-refractivity contribution in [3.63, 3.8) is 0 Å². The van der Waals surface area contributed by atoms with Gasteiger partial charge in [-0.3, -0.25) is 0 Å². The number of hydrogen-bond donors (Lipinski definition) is 2. The van der Waals surface area contributed by atoms with Crippen LogP contribution in [0.3, 0.4) is 0 Å². The van der Waals surface area contributed by atoms with Gasteiger partial charge < -0.3 is 15.8 Å². The second-order valence-electron chi connectivity index (χ2n) is 6.87. The molecule has 1 saturated heterocycles. The fourth-order valence-electron chi connectivity index (χ4n) is 3.66. The van der Waals surface area contributed by atoms with E-state index in [0.29, 0.717) is 11.5 Å². The summed E-state index contributed by atoms with van der Waals surface area (Å²) in [5.41, 5.74) is 10.1. The number of hydrogen-bond acceptors (Lipinski definition) is 6. The van der Waals surface area contributed by atoms with Gasteiger partial charge in [-0.15, -0.1) is 0 Å². The van der Waals surface area contributed by atoms with Crippen molar-refractivity contribution < 1.29 is 4.74 Å². The highest BCUT2D eigenvalue weighted by Crippen LogP contribution is 2.33. The first-order valence-corrected chi connectivity index (χ1v) is 9.30. The summed E-state index contributed by atoms with van der Waals surface area (Å²) < 4.78 is 7.06. The predicted molar refractivity (Wildman–Crippen MR) is 107 cm³/mol. The Morgan fingerprint density at radius 1 is 1.29 bits per heavy atom. The molecular weight excluding hydrogens is 352 g/mol. The smallest absolute Gasteiger partial charge is 0.142 e. The average molecular weight is 374 g/mol. The Labute approximate surface area is 163 Å². The van der Waals surface area contributed by atoms with Gasteiger partial charge in [-0.05, 0) is 55.6 Å². The first-order valence-electron chi connectivity index (χ1n) is 9.30. The largest absolute Gasteiger partial charge is 0.497 e. The Morgan fingerprint density at radius 2 is 2.11 bits per heavy atom. The van der Waals surface area contributed by atoms with Crippen LogP contribution in [0.2, 0.25) is 0 Å². The van der Waals surface area contributed by atoms with E-state index in [0.717, 1.165) is 54.2 Å². The summed E-state index contributed by atoms with van der Waals surface area (Å²) in [6.45, 7) is 1.89. The fourth-order valence-corrected chi connectivity index (χ4v) is 3.66. The van der Waals surface area contributed by atoms with Crippen molar-refractivity contribution in [2.45, 2.75) is 18.8 Å². The van der Waals surface area contributed by atoms with Crippen LogP contribution in [0.15, 0.2) is 42.7 Å². The Balaban J connectivity index is 1.72. The van der Waals surface area contributed by atoms with Gasteiger partial charge in [0.2, 0.25) is 0 Å². The lowest BCUT2D eigenvalue weighted by atomic mass is 9.87. The van der Waals surface area contributed by atoms with E-state index in [1.54, 1.807) is 18.0 Å². The van der Waals surface area contributed by atoms with Crippen molar-refractivity contribution in [2.75, 3.05) is 25.9 Å². The van der Waals surface area contributed by atoms with Gasteiger partial charge in [-0.2, -0.15) is 10.4 Å². The Hall–Kier alpha value is -3.37. The molecule has 3 N–H and O–H groups in total. The van der Waals surface area contributed by atoms with E-state index < -0.39 is 0 Å².